The highest BCUT2D eigenvalue weighted by molar-refractivity contribution is 6.31. The van der Waals surface area contributed by atoms with E-state index < -0.39 is 40.9 Å². The van der Waals surface area contributed by atoms with Crippen molar-refractivity contribution >= 4 is 29.1 Å². The Morgan fingerprint density at radius 1 is 0.886 bits per heavy atom. The zero-order valence-electron chi connectivity index (χ0n) is 18.3. The molecule has 35 heavy (non-hydrogen) atoms. The van der Waals surface area contributed by atoms with Gasteiger partial charge in [-0.25, -0.2) is 4.39 Å². The van der Waals surface area contributed by atoms with Crippen molar-refractivity contribution in [1.82, 2.24) is 5.32 Å². The number of amides is 2. The van der Waals surface area contributed by atoms with Gasteiger partial charge in [-0.3, -0.25) is 9.59 Å². The van der Waals surface area contributed by atoms with E-state index in [0.717, 1.165) is 19.1 Å². The summed E-state index contributed by atoms with van der Waals surface area (Å²) in [5, 5.41) is 13.8. The molecule has 2 N–H and O–H groups in total. The molecule has 13 heteroatoms. The summed E-state index contributed by atoms with van der Waals surface area (Å²) in [6.45, 7) is 3.86. The number of anilines is 1. The lowest BCUT2D eigenvalue weighted by Crippen LogP contribution is -2.50. The Bertz CT molecular complexity index is 1190. The van der Waals surface area contributed by atoms with E-state index in [9.17, 15) is 40.3 Å². The smallest absolute Gasteiger partial charge is 0.334 e. The minimum absolute atomic E-state index is 0.0700. The van der Waals surface area contributed by atoms with Crippen LogP contribution in [-0.4, -0.2) is 29.7 Å². The topological polar surface area (TPSA) is 82.0 Å². The molecule has 5 nitrogen and oxygen atoms in total. The van der Waals surface area contributed by atoms with Gasteiger partial charge in [-0.2, -0.15) is 31.6 Å². The lowest BCUT2D eigenvalue weighted by atomic mass is 9.92. The van der Waals surface area contributed by atoms with Crippen LogP contribution >= 0.6 is 11.6 Å². The zero-order chi connectivity index (χ0) is 27.0. The van der Waals surface area contributed by atoms with Crippen LogP contribution in [0.25, 0.3) is 0 Å². The quantitative estimate of drug-likeness (QED) is 0.456. The highest BCUT2D eigenvalue weighted by atomic mass is 35.5. The molecule has 2 aromatic carbocycles. The number of hydrogen-bond donors (Lipinski definition) is 2. The first-order chi connectivity index (χ1) is 15.8. The fourth-order valence-corrected chi connectivity index (χ4v) is 3.15. The van der Waals surface area contributed by atoms with Crippen molar-refractivity contribution < 1.29 is 40.3 Å². The zero-order valence-corrected chi connectivity index (χ0v) is 19.0. The largest absolute Gasteiger partial charge is 0.435 e. The number of alkyl halides is 7. The van der Waals surface area contributed by atoms with Gasteiger partial charge in [0, 0.05) is 16.3 Å². The molecule has 0 bridgehead atoms. The SMILES string of the molecule is Cc1cc(C(F)(C(F)(F)F)C(F)(F)F)ccc1NC(=O)c1ccc(Cl)cc1C(=O)NC(C)(C)C#N. The summed E-state index contributed by atoms with van der Waals surface area (Å²) < 4.78 is 92.4. The summed E-state index contributed by atoms with van der Waals surface area (Å²) in [7, 11) is 0. The van der Waals surface area contributed by atoms with Gasteiger partial charge >= 0.3 is 18.0 Å². The van der Waals surface area contributed by atoms with Gasteiger partial charge in [0.2, 0.25) is 0 Å². The third kappa shape index (κ3) is 5.67. The molecule has 0 spiro atoms. The average Bonchev–Trinajstić information content (AvgIpc) is 2.72. The van der Waals surface area contributed by atoms with Crippen molar-refractivity contribution in [1.29, 1.82) is 5.26 Å². The second-order valence-corrected chi connectivity index (χ2v) is 8.46. The van der Waals surface area contributed by atoms with Crippen molar-refractivity contribution in [2.45, 2.75) is 44.3 Å². The van der Waals surface area contributed by atoms with Crippen LogP contribution in [-0.2, 0) is 5.67 Å². The molecular formula is C22H17ClF7N3O2. The van der Waals surface area contributed by atoms with Gasteiger partial charge < -0.3 is 10.6 Å². The van der Waals surface area contributed by atoms with Crippen LogP contribution in [0.2, 0.25) is 5.02 Å². The van der Waals surface area contributed by atoms with Crippen molar-refractivity contribution in [3.63, 3.8) is 0 Å². The summed E-state index contributed by atoms with van der Waals surface area (Å²) >= 11 is 5.89. The minimum atomic E-state index is -6.29. The number of rotatable bonds is 5. The standard InChI is InChI=1S/C22H17ClF7N3O2/c1-11-8-12(20(24,21(25,26)27)22(28,29)30)4-7-16(11)32-17(34)14-6-5-13(23)9-15(14)18(35)33-19(2,3)10-31/h4-9H,1-3H3,(H,32,34)(H,33,35). The average molecular weight is 524 g/mol. The molecule has 0 aliphatic carbocycles. The normalized spacial score (nSPS) is 12.6. The van der Waals surface area contributed by atoms with E-state index in [-0.39, 0.29) is 33.5 Å². The molecule has 2 rings (SSSR count). The van der Waals surface area contributed by atoms with Crippen molar-refractivity contribution in [3.05, 3.63) is 63.7 Å². The number of hydrogen-bond acceptors (Lipinski definition) is 3. The first kappa shape index (κ1) is 27.9. The van der Waals surface area contributed by atoms with Gasteiger partial charge in [-0.15, -0.1) is 0 Å². The number of nitriles is 1. The Balaban J connectivity index is 2.44. The second kappa shape index (κ2) is 9.37. The predicted molar refractivity (Wildman–Crippen MR) is 113 cm³/mol. The van der Waals surface area contributed by atoms with E-state index in [2.05, 4.69) is 10.6 Å². The molecule has 0 atom stereocenters. The Morgan fingerprint density at radius 2 is 1.46 bits per heavy atom. The van der Waals surface area contributed by atoms with Crippen LogP contribution < -0.4 is 10.6 Å². The molecule has 2 amide bonds. The van der Waals surface area contributed by atoms with Gasteiger partial charge in [-0.1, -0.05) is 23.7 Å². The molecule has 0 fully saturated rings. The van der Waals surface area contributed by atoms with E-state index in [1.165, 1.54) is 19.9 Å². The van der Waals surface area contributed by atoms with Crippen LogP contribution in [0.4, 0.5) is 36.4 Å². The third-order valence-electron chi connectivity index (χ3n) is 4.83. The summed E-state index contributed by atoms with van der Waals surface area (Å²) in [6, 6.07) is 6.66. The van der Waals surface area contributed by atoms with Crippen molar-refractivity contribution in [2.75, 3.05) is 5.32 Å². The summed E-state index contributed by atoms with van der Waals surface area (Å²) in [6.07, 6.45) is -12.6. The van der Waals surface area contributed by atoms with Crippen LogP contribution in [0.15, 0.2) is 36.4 Å². The molecule has 0 aliphatic rings. The van der Waals surface area contributed by atoms with Crippen LogP contribution in [0.5, 0.6) is 0 Å². The van der Waals surface area contributed by atoms with Crippen LogP contribution in [0, 0.1) is 18.3 Å². The van der Waals surface area contributed by atoms with Crippen molar-refractivity contribution in [3.8, 4) is 6.07 Å². The molecule has 0 saturated heterocycles. The van der Waals surface area contributed by atoms with Crippen LogP contribution in [0.3, 0.4) is 0 Å². The molecular weight excluding hydrogens is 507 g/mol. The molecule has 0 unspecified atom stereocenters. The molecule has 2 aromatic rings. The van der Waals surface area contributed by atoms with Crippen molar-refractivity contribution in [2.24, 2.45) is 0 Å². The van der Waals surface area contributed by atoms with Crippen LogP contribution in [0.1, 0.15) is 45.7 Å². The Hall–Kier alpha value is -3.33. The third-order valence-corrected chi connectivity index (χ3v) is 5.07. The maximum absolute atomic E-state index is 14.3. The maximum atomic E-state index is 14.3. The van der Waals surface area contributed by atoms with E-state index in [4.69, 9.17) is 16.9 Å². The highest BCUT2D eigenvalue weighted by Gasteiger charge is 2.73. The lowest BCUT2D eigenvalue weighted by Gasteiger charge is -2.30. The lowest BCUT2D eigenvalue weighted by molar-refractivity contribution is -0.348. The van der Waals surface area contributed by atoms with Gasteiger partial charge in [0.1, 0.15) is 5.54 Å². The minimum Gasteiger partial charge on any atom is -0.334 e. The summed E-state index contributed by atoms with van der Waals surface area (Å²) in [4.78, 5) is 25.4. The molecule has 0 radical (unpaired) electrons. The monoisotopic (exact) mass is 523 g/mol. The second-order valence-electron chi connectivity index (χ2n) is 8.02. The maximum Gasteiger partial charge on any atom is 0.435 e. The summed E-state index contributed by atoms with van der Waals surface area (Å²) in [5.74, 6) is -1.80. The van der Waals surface area contributed by atoms with Gasteiger partial charge in [0.05, 0.1) is 17.2 Å². The fourth-order valence-electron chi connectivity index (χ4n) is 2.98. The Morgan fingerprint density at radius 3 is 1.94 bits per heavy atom. The van der Waals surface area contributed by atoms with E-state index >= 15 is 0 Å². The van der Waals surface area contributed by atoms with E-state index in [1.807, 2.05) is 6.07 Å². The van der Waals surface area contributed by atoms with Gasteiger partial charge in [0.25, 0.3) is 11.8 Å². The first-order valence-corrected chi connectivity index (χ1v) is 10.00. The number of nitrogens with one attached hydrogen (secondary N) is 2. The number of nitrogens with zero attached hydrogens (tertiary/aromatic N) is 1. The summed E-state index contributed by atoms with van der Waals surface area (Å²) in [5.41, 5.74) is -9.68. The number of halogens is 8. The van der Waals surface area contributed by atoms with Gasteiger partial charge in [0.15, 0.2) is 0 Å². The molecule has 0 heterocycles. The van der Waals surface area contributed by atoms with E-state index in [0.29, 0.717) is 12.1 Å². The Labute approximate surface area is 199 Å². The number of carbonyl (C=O) groups excluding carboxylic acids is 2. The molecule has 0 aromatic heterocycles. The highest BCUT2D eigenvalue weighted by Crippen LogP contribution is 2.53. The van der Waals surface area contributed by atoms with E-state index in [1.54, 1.807) is 0 Å². The molecule has 0 aliphatic heterocycles. The molecule has 0 saturated carbocycles. The fraction of sp³-hybridized carbons (Fsp3) is 0.318. The number of carbonyl (C=O) groups is 2. The molecule has 188 valence electrons. The van der Waals surface area contributed by atoms with Gasteiger partial charge in [-0.05, 0) is 50.6 Å². The Kier molecular flexibility index (Phi) is 7.47. The predicted octanol–water partition coefficient (Wildman–Crippen LogP) is 6.22. The first-order valence-electron chi connectivity index (χ1n) is 9.62. The number of aryl methyl sites for hydroxylation is 1. The number of benzene rings is 2.